The Morgan fingerprint density at radius 1 is 1.33 bits per heavy atom. The lowest BCUT2D eigenvalue weighted by Gasteiger charge is -2.17. The molecule has 2 heterocycles. The quantitative estimate of drug-likeness (QED) is 0.839. The molecule has 1 aliphatic heterocycles. The lowest BCUT2D eigenvalue weighted by molar-refractivity contribution is -0.126. The molecule has 1 atom stereocenters. The standard InChI is InChI=1S/C15H18N6O2S/c1-9-4-5-12(8-10(9)2)21-15(17-18-19-21)24-11(3)13(22)20-7-6-16-14(20)23/h4-5,8,11H,6-7H2,1-3H3,(H,16,23)/t11-/m1/s1. The molecule has 0 aliphatic carbocycles. The molecule has 8 nitrogen and oxygen atoms in total. The van der Waals surface area contributed by atoms with Crippen molar-refractivity contribution in [1.82, 2.24) is 30.4 Å². The molecule has 1 aromatic heterocycles. The molecule has 1 N–H and O–H groups in total. The Kier molecular flexibility index (Phi) is 4.52. The summed E-state index contributed by atoms with van der Waals surface area (Å²) >= 11 is 1.23. The number of hydrogen-bond donors (Lipinski definition) is 1. The Bertz CT molecular complexity index is 790. The molecule has 3 rings (SSSR count). The van der Waals surface area contributed by atoms with E-state index in [9.17, 15) is 9.59 Å². The van der Waals surface area contributed by atoms with Gasteiger partial charge in [0.05, 0.1) is 10.9 Å². The molecular formula is C15H18N6O2S. The number of hydrogen-bond acceptors (Lipinski definition) is 6. The molecule has 1 saturated heterocycles. The maximum atomic E-state index is 12.4. The third-order valence-corrected chi connectivity index (χ3v) is 4.95. The molecule has 9 heteroatoms. The summed E-state index contributed by atoms with van der Waals surface area (Å²) < 4.78 is 1.60. The van der Waals surface area contributed by atoms with Crippen LogP contribution in [0, 0.1) is 13.8 Å². The molecule has 0 saturated carbocycles. The van der Waals surface area contributed by atoms with Crippen molar-refractivity contribution in [1.29, 1.82) is 0 Å². The Morgan fingerprint density at radius 3 is 2.79 bits per heavy atom. The van der Waals surface area contributed by atoms with Gasteiger partial charge in [-0.2, -0.15) is 4.68 Å². The zero-order valence-electron chi connectivity index (χ0n) is 13.7. The number of tetrazole rings is 1. The number of urea groups is 1. The van der Waals surface area contributed by atoms with Crippen LogP contribution < -0.4 is 5.32 Å². The highest BCUT2D eigenvalue weighted by Gasteiger charge is 2.31. The summed E-state index contributed by atoms with van der Waals surface area (Å²) in [5.74, 6) is -0.246. The van der Waals surface area contributed by atoms with E-state index >= 15 is 0 Å². The fraction of sp³-hybridized carbons (Fsp3) is 0.400. The Hall–Kier alpha value is -2.42. The van der Waals surface area contributed by atoms with Crippen LogP contribution in [0.4, 0.5) is 4.79 Å². The van der Waals surface area contributed by atoms with Gasteiger partial charge in [0, 0.05) is 13.1 Å². The zero-order chi connectivity index (χ0) is 17.3. The van der Waals surface area contributed by atoms with Gasteiger partial charge in [0.2, 0.25) is 11.1 Å². The second-order valence-corrected chi connectivity index (χ2v) is 6.93. The fourth-order valence-electron chi connectivity index (χ4n) is 2.38. The first-order chi connectivity index (χ1) is 11.5. The van der Waals surface area contributed by atoms with E-state index in [1.807, 2.05) is 32.0 Å². The second-order valence-electron chi connectivity index (χ2n) is 5.62. The number of aryl methyl sites for hydroxylation is 2. The van der Waals surface area contributed by atoms with Crippen molar-refractivity contribution in [3.8, 4) is 5.69 Å². The van der Waals surface area contributed by atoms with Crippen LogP contribution in [-0.4, -0.2) is 55.4 Å². The van der Waals surface area contributed by atoms with E-state index in [0.717, 1.165) is 11.3 Å². The van der Waals surface area contributed by atoms with E-state index in [1.165, 1.54) is 22.2 Å². The lowest BCUT2D eigenvalue weighted by atomic mass is 10.1. The monoisotopic (exact) mass is 346 g/mol. The minimum Gasteiger partial charge on any atom is -0.336 e. The maximum absolute atomic E-state index is 12.4. The molecule has 1 aliphatic rings. The minimum atomic E-state index is -0.467. The highest BCUT2D eigenvalue weighted by Crippen LogP contribution is 2.25. The number of aromatic nitrogens is 4. The van der Waals surface area contributed by atoms with Gasteiger partial charge in [-0.25, -0.2) is 4.79 Å². The normalized spacial score (nSPS) is 15.5. The second kappa shape index (κ2) is 6.60. The van der Waals surface area contributed by atoms with E-state index in [0.29, 0.717) is 18.2 Å². The number of amides is 3. The Balaban J connectivity index is 1.79. The first-order valence-electron chi connectivity index (χ1n) is 7.59. The highest BCUT2D eigenvalue weighted by molar-refractivity contribution is 8.00. The number of carbonyl (C=O) groups is 2. The number of benzene rings is 1. The third kappa shape index (κ3) is 3.12. The number of nitrogens with zero attached hydrogens (tertiary/aromatic N) is 5. The summed E-state index contributed by atoms with van der Waals surface area (Å²) in [7, 11) is 0. The van der Waals surface area contributed by atoms with Crippen molar-refractivity contribution < 1.29 is 9.59 Å². The van der Waals surface area contributed by atoms with Gasteiger partial charge in [0.25, 0.3) is 0 Å². The van der Waals surface area contributed by atoms with Gasteiger partial charge in [-0.15, -0.1) is 5.10 Å². The highest BCUT2D eigenvalue weighted by atomic mass is 32.2. The first-order valence-corrected chi connectivity index (χ1v) is 8.47. The number of rotatable bonds is 4. The van der Waals surface area contributed by atoms with E-state index in [1.54, 1.807) is 11.6 Å². The van der Waals surface area contributed by atoms with E-state index < -0.39 is 5.25 Å². The summed E-state index contributed by atoms with van der Waals surface area (Å²) in [4.78, 5) is 25.2. The third-order valence-electron chi connectivity index (χ3n) is 3.93. The Morgan fingerprint density at radius 2 is 2.12 bits per heavy atom. The number of imide groups is 1. The average Bonchev–Trinajstić information content (AvgIpc) is 3.18. The van der Waals surface area contributed by atoms with Gasteiger partial charge in [-0.3, -0.25) is 9.69 Å². The zero-order valence-corrected chi connectivity index (χ0v) is 14.5. The van der Waals surface area contributed by atoms with Crippen molar-refractivity contribution in [2.45, 2.75) is 31.2 Å². The summed E-state index contributed by atoms with van der Waals surface area (Å²) in [6.07, 6.45) is 0. The molecule has 0 spiro atoms. The lowest BCUT2D eigenvalue weighted by Crippen LogP contribution is -2.39. The Labute approximate surface area is 143 Å². The molecule has 0 unspecified atom stereocenters. The molecule has 126 valence electrons. The predicted molar refractivity (Wildman–Crippen MR) is 89.1 cm³/mol. The SMILES string of the molecule is Cc1ccc(-n2nnnc2S[C@H](C)C(=O)N2CCNC2=O)cc1C. The van der Waals surface area contributed by atoms with Crippen LogP contribution in [0.1, 0.15) is 18.1 Å². The number of carbonyl (C=O) groups excluding carboxylic acids is 2. The summed E-state index contributed by atoms with van der Waals surface area (Å²) in [6, 6.07) is 5.59. The molecule has 1 fully saturated rings. The molecule has 2 aromatic rings. The van der Waals surface area contributed by atoms with Crippen molar-refractivity contribution in [3.63, 3.8) is 0 Å². The molecule has 24 heavy (non-hydrogen) atoms. The van der Waals surface area contributed by atoms with Crippen LogP contribution in [0.5, 0.6) is 0 Å². The van der Waals surface area contributed by atoms with Crippen LogP contribution >= 0.6 is 11.8 Å². The van der Waals surface area contributed by atoms with Crippen LogP contribution in [-0.2, 0) is 4.79 Å². The molecule has 0 bridgehead atoms. The van der Waals surface area contributed by atoms with Gasteiger partial charge in [0.15, 0.2) is 0 Å². The van der Waals surface area contributed by atoms with Crippen molar-refractivity contribution in [2.24, 2.45) is 0 Å². The smallest absolute Gasteiger partial charge is 0.324 e. The van der Waals surface area contributed by atoms with Crippen LogP contribution in [0.3, 0.4) is 0 Å². The van der Waals surface area contributed by atoms with Gasteiger partial charge < -0.3 is 5.32 Å². The van der Waals surface area contributed by atoms with Gasteiger partial charge in [-0.1, -0.05) is 17.8 Å². The summed E-state index contributed by atoms with van der Waals surface area (Å²) in [5.41, 5.74) is 3.16. The van der Waals surface area contributed by atoms with Crippen molar-refractivity contribution in [3.05, 3.63) is 29.3 Å². The summed E-state index contributed by atoms with van der Waals surface area (Å²) in [6.45, 7) is 6.69. The minimum absolute atomic E-state index is 0.246. The van der Waals surface area contributed by atoms with E-state index in [2.05, 4.69) is 20.8 Å². The summed E-state index contributed by atoms with van der Waals surface area (Å²) in [5, 5.41) is 14.4. The average molecular weight is 346 g/mol. The largest absolute Gasteiger partial charge is 0.336 e. The molecule has 3 amide bonds. The van der Waals surface area contributed by atoms with E-state index in [4.69, 9.17) is 0 Å². The van der Waals surface area contributed by atoms with Gasteiger partial charge >= 0.3 is 6.03 Å². The van der Waals surface area contributed by atoms with Crippen LogP contribution in [0.15, 0.2) is 23.4 Å². The maximum Gasteiger partial charge on any atom is 0.324 e. The molecule has 1 aromatic carbocycles. The molecular weight excluding hydrogens is 328 g/mol. The number of nitrogens with one attached hydrogen (secondary N) is 1. The van der Waals surface area contributed by atoms with Gasteiger partial charge in [-0.05, 0) is 54.5 Å². The fourth-order valence-corrected chi connectivity index (χ4v) is 3.25. The van der Waals surface area contributed by atoms with Crippen molar-refractivity contribution in [2.75, 3.05) is 13.1 Å². The topological polar surface area (TPSA) is 93.0 Å². The van der Waals surface area contributed by atoms with Crippen LogP contribution in [0.25, 0.3) is 5.69 Å². The molecule has 0 radical (unpaired) electrons. The predicted octanol–water partition coefficient (Wildman–Crippen LogP) is 1.31. The van der Waals surface area contributed by atoms with Crippen molar-refractivity contribution >= 4 is 23.7 Å². The van der Waals surface area contributed by atoms with Gasteiger partial charge in [0.1, 0.15) is 0 Å². The number of thioether (sulfide) groups is 1. The van der Waals surface area contributed by atoms with E-state index in [-0.39, 0.29) is 11.9 Å². The van der Waals surface area contributed by atoms with Crippen LogP contribution in [0.2, 0.25) is 0 Å². The first kappa shape index (κ1) is 16.4.